The van der Waals surface area contributed by atoms with Gasteiger partial charge < -0.3 is 9.80 Å². The molecule has 0 unspecified atom stereocenters. The molecule has 0 N–H and O–H groups in total. The minimum absolute atomic E-state index is 0.0416. The molecular weight excluding hydrogens is 448 g/mol. The topological polar surface area (TPSA) is 62.2 Å². The number of fused-ring (bicyclic) bond motifs is 3. The SMILES string of the molecule is C#Cc1c(F)ccc2cccc(-c3ncc4c(N5C[C@@H]6[C@H]5CCN6C(=O)C=C)ncnc4c3F)c12. The summed E-state index contributed by atoms with van der Waals surface area (Å²) in [5.74, 6) is 1.71. The van der Waals surface area contributed by atoms with Gasteiger partial charge in [0.1, 0.15) is 29.2 Å². The first kappa shape index (κ1) is 21.2. The molecule has 0 saturated carbocycles. The van der Waals surface area contributed by atoms with Crippen LogP contribution < -0.4 is 4.90 Å². The highest BCUT2D eigenvalue weighted by Gasteiger charge is 2.49. The molecule has 2 fully saturated rings. The summed E-state index contributed by atoms with van der Waals surface area (Å²) in [7, 11) is 0. The Morgan fingerprint density at radius 2 is 2.03 bits per heavy atom. The molecule has 0 radical (unpaired) electrons. The molecule has 4 heterocycles. The lowest BCUT2D eigenvalue weighted by Crippen LogP contribution is -2.63. The summed E-state index contributed by atoms with van der Waals surface area (Å²) < 4.78 is 30.3. The van der Waals surface area contributed by atoms with Crippen molar-refractivity contribution in [3.05, 3.63) is 72.7 Å². The molecule has 172 valence electrons. The number of terminal acetylenes is 1. The number of hydrogen-bond donors (Lipinski definition) is 0. The number of anilines is 1. The molecule has 2 aromatic carbocycles. The Labute approximate surface area is 199 Å². The number of amides is 1. The summed E-state index contributed by atoms with van der Waals surface area (Å²) in [6, 6.07) is 8.30. The average molecular weight is 467 g/mol. The highest BCUT2D eigenvalue weighted by atomic mass is 19.1. The van der Waals surface area contributed by atoms with E-state index < -0.39 is 11.6 Å². The minimum atomic E-state index is -0.627. The van der Waals surface area contributed by atoms with E-state index in [1.807, 2.05) is 4.90 Å². The molecule has 2 saturated heterocycles. The van der Waals surface area contributed by atoms with Gasteiger partial charge in [-0.2, -0.15) is 0 Å². The van der Waals surface area contributed by atoms with Gasteiger partial charge in [-0.15, -0.1) is 6.42 Å². The Morgan fingerprint density at radius 3 is 2.83 bits per heavy atom. The van der Waals surface area contributed by atoms with E-state index in [1.165, 1.54) is 18.5 Å². The molecule has 35 heavy (non-hydrogen) atoms. The summed E-state index contributed by atoms with van der Waals surface area (Å²) in [5.41, 5.74) is 0.623. The quantitative estimate of drug-likeness (QED) is 0.336. The zero-order valence-corrected chi connectivity index (χ0v) is 18.6. The van der Waals surface area contributed by atoms with E-state index in [1.54, 1.807) is 30.5 Å². The van der Waals surface area contributed by atoms with Gasteiger partial charge in [0.2, 0.25) is 5.91 Å². The van der Waals surface area contributed by atoms with E-state index in [4.69, 9.17) is 6.42 Å². The van der Waals surface area contributed by atoms with Gasteiger partial charge in [0.15, 0.2) is 5.82 Å². The second-order valence-corrected chi connectivity index (χ2v) is 8.66. The number of nitrogens with zero attached hydrogens (tertiary/aromatic N) is 5. The van der Waals surface area contributed by atoms with Crippen molar-refractivity contribution >= 4 is 33.4 Å². The molecule has 4 aromatic rings. The van der Waals surface area contributed by atoms with Crippen molar-refractivity contribution in [1.29, 1.82) is 0 Å². The molecule has 0 spiro atoms. The van der Waals surface area contributed by atoms with Crippen LogP contribution in [-0.4, -0.2) is 50.9 Å². The largest absolute Gasteiger partial charge is 0.349 e. The maximum atomic E-state index is 15.9. The van der Waals surface area contributed by atoms with Crippen molar-refractivity contribution in [1.82, 2.24) is 19.9 Å². The van der Waals surface area contributed by atoms with E-state index in [-0.39, 0.29) is 34.8 Å². The van der Waals surface area contributed by atoms with Gasteiger partial charge in [-0.1, -0.05) is 36.8 Å². The van der Waals surface area contributed by atoms with Gasteiger partial charge in [0.25, 0.3) is 0 Å². The van der Waals surface area contributed by atoms with Gasteiger partial charge in [-0.25, -0.2) is 18.7 Å². The molecule has 0 bridgehead atoms. The van der Waals surface area contributed by atoms with Gasteiger partial charge in [-0.05, 0) is 23.9 Å². The van der Waals surface area contributed by atoms with Crippen molar-refractivity contribution in [2.45, 2.75) is 18.5 Å². The van der Waals surface area contributed by atoms with Crippen LogP contribution in [0.1, 0.15) is 12.0 Å². The first-order valence-corrected chi connectivity index (χ1v) is 11.2. The summed E-state index contributed by atoms with van der Waals surface area (Å²) >= 11 is 0. The van der Waals surface area contributed by atoms with Crippen molar-refractivity contribution < 1.29 is 13.6 Å². The zero-order valence-electron chi connectivity index (χ0n) is 18.6. The number of halogens is 2. The van der Waals surface area contributed by atoms with Crippen LogP contribution in [0.25, 0.3) is 32.9 Å². The second-order valence-electron chi connectivity index (χ2n) is 8.66. The predicted molar refractivity (Wildman–Crippen MR) is 130 cm³/mol. The van der Waals surface area contributed by atoms with Crippen LogP contribution in [0.15, 0.2) is 55.5 Å². The van der Waals surface area contributed by atoms with Crippen LogP contribution in [0.3, 0.4) is 0 Å². The Morgan fingerprint density at radius 1 is 1.17 bits per heavy atom. The third kappa shape index (κ3) is 3.01. The number of aromatic nitrogens is 3. The highest BCUT2D eigenvalue weighted by molar-refractivity contribution is 6.02. The van der Waals surface area contributed by atoms with Gasteiger partial charge >= 0.3 is 0 Å². The summed E-state index contributed by atoms with van der Waals surface area (Å²) in [4.78, 5) is 29.0. The van der Waals surface area contributed by atoms with E-state index in [9.17, 15) is 9.18 Å². The number of rotatable bonds is 3. The number of benzene rings is 2. The number of carbonyl (C=O) groups is 1. The second kappa shape index (κ2) is 7.84. The smallest absolute Gasteiger partial charge is 0.246 e. The summed E-state index contributed by atoms with van der Waals surface area (Å²) in [6.07, 6.45) is 10.6. The van der Waals surface area contributed by atoms with Gasteiger partial charge in [-0.3, -0.25) is 9.78 Å². The third-order valence-corrected chi connectivity index (χ3v) is 7.02. The first-order chi connectivity index (χ1) is 17.0. The third-order valence-electron chi connectivity index (χ3n) is 7.02. The van der Waals surface area contributed by atoms with E-state index in [0.29, 0.717) is 40.6 Å². The van der Waals surface area contributed by atoms with Crippen molar-refractivity contribution in [3.8, 4) is 23.6 Å². The lowest BCUT2D eigenvalue weighted by molar-refractivity contribution is -0.127. The average Bonchev–Trinajstić information content (AvgIpc) is 3.20. The van der Waals surface area contributed by atoms with Crippen LogP contribution >= 0.6 is 0 Å². The van der Waals surface area contributed by atoms with E-state index >= 15 is 4.39 Å². The van der Waals surface area contributed by atoms with Crippen LogP contribution in [-0.2, 0) is 4.79 Å². The zero-order chi connectivity index (χ0) is 24.3. The summed E-state index contributed by atoms with van der Waals surface area (Å²) in [6.45, 7) is 4.81. The molecular formula is C27H19F2N5O. The van der Waals surface area contributed by atoms with Crippen molar-refractivity contribution in [3.63, 3.8) is 0 Å². The Bertz CT molecular complexity index is 1590. The van der Waals surface area contributed by atoms with Crippen molar-refractivity contribution in [2.75, 3.05) is 18.0 Å². The highest BCUT2D eigenvalue weighted by Crippen LogP contribution is 2.40. The maximum absolute atomic E-state index is 15.9. The van der Waals surface area contributed by atoms with E-state index in [2.05, 4.69) is 32.4 Å². The first-order valence-electron chi connectivity index (χ1n) is 11.2. The number of hydrogen-bond acceptors (Lipinski definition) is 5. The van der Waals surface area contributed by atoms with Gasteiger partial charge in [0, 0.05) is 30.2 Å². The molecule has 6 rings (SSSR count). The van der Waals surface area contributed by atoms with Crippen LogP contribution in [0.4, 0.5) is 14.6 Å². The molecule has 1 amide bonds. The predicted octanol–water partition coefficient (Wildman–Crippen LogP) is 4.08. The molecule has 2 aromatic heterocycles. The fraction of sp³-hybridized carbons (Fsp3) is 0.185. The molecule has 2 aliphatic heterocycles. The Kier molecular flexibility index (Phi) is 4.74. The minimum Gasteiger partial charge on any atom is -0.349 e. The normalized spacial score (nSPS) is 18.9. The van der Waals surface area contributed by atoms with Crippen LogP contribution in [0, 0.1) is 24.0 Å². The monoisotopic (exact) mass is 467 g/mol. The lowest BCUT2D eigenvalue weighted by atomic mass is 9.95. The molecule has 0 aliphatic carbocycles. The van der Waals surface area contributed by atoms with Crippen LogP contribution in [0.2, 0.25) is 0 Å². The number of pyridine rings is 1. The van der Waals surface area contributed by atoms with E-state index in [0.717, 1.165) is 6.42 Å². The Balaban J connectivity index is 1.45. The number of likely N-dealkylation sites (tertiary alicyclic amines) is 1. The molecule has 8 heteroatoms. The maximum Gasteiger partial charge on any atom is 0.246 e. The fourth-order valence-electron chi connectivity index (χ4n) is 5.34. The number of carbonyl (C=O) groups excluding carboxylic acids is 1. The van der Waals surface area contributed by atoms with Crippen molar-refractivity contribution in [2.24, 2.45) is 0 Å². The molecule has 2 atom stereocenters. The fourth-order valence-corrected chi connectivity index (χ4v) is 5.34. The summed E-state index contributed by atoms with van der Waals surface area (Å²) in [5, 5.41) is 1.59. The molecule has 2 aliphatic rings. The standard InChI is InChI=1S/C27H19F2N5O/c1-3-16-19(28)9-8-15-6-5-7-17(23(15)16)25-24(29)26-18(12-30-25)27(32-14-31-26)34-13-21-20(34)10-11-33(21)22(35)4-2/h1,4-9,12,14,20-21H,2,10-11,13H2/t20-,21-/m1/s1. The lowest BCUT2D eigenvalue weighted by Gasteiger charge is -2.47. The Hall–Kier alpha value is -4.38. The van der Waals surface area contributed by atoms with Gasteiger partial charge in [0.05, 0.1) is 23.0 Å². The van der Waals surface area contributed by atoms with Crippen LogP contribution in [0.5, 0.6) is 0 Å². The molecule has 6 nitrogen and oxygen atoms in total.